The molecule has 184 valence electrons. The summed E-state index contributed by atoms with van der Waals surface area (Å²) in [5.74, 6) is -1.51. The van der Waals surface area contributed by atoms with Gasteiger partial charge in [0.15, 0.2) is 0 Å². The molecular weight excluding hydrogens is 462 g/mol. The molecule has 8 heteroatoms. The number of hydrogen-bond donors (Lipinski definition) is 3. The lowest BCUT2D eigenvalue weighted by molar-refractivity contribution is -0.140. The van der Waals surface area contributed by atoms with E-state index in [2.05, 4.69) is 17.6 Å². The van der Waals surface area contributed by atoms with Crippen LogP contribution in [0.1, 0.15) is 24.5 Å². The molecule has 6 atom stereocenters. The van der Waals surface area contributed by atoms with E-state index in [-0.39, 0.29) is 42.0 Å². The van der Waals surface area contributed by atoms with Crippen LogP contribution in [0.15, 0.2) is 60.7 Å². The van der Waals surface area contributed by atoms with Gasteiger partial charge in [0.2, 0.25) is 17.7 Å². The van der Waals surface area contributed by atoms with Crippen molar-refractivity contribution in [2.24, 2.45) is 17.8 Å². The second-order valence-electron chi connectivity index (χ2n) is 9.71. The van der Waals surface area contributed by atoms with E-state index >= 15 is 0 Å². The van der Waals surface area contributed by atoms with Gasteiger partial charge in [0, 0.05) is 24.9 Å². The van der Waals surface area contributed by atoms with Crippen molar-refractivity contribution >= 4 is 29.5 Å². The van der Waals surface area contributed by atoms with Gasteiger partial charge in [0.05, 0.1) is 23.2 Å². The minimum Gasteiger partial charge on any atom is -0.395 e. The first-order chi connectivity index (χ1) is 17.0. The number of rotatable bonds is 8. The highest BCUT2D eigenvalue weighted by molar-refractivity contribution is 8.02. The van der Waals surface area contributed by atoms with Gasteiger partial charge in [-0.05, 0) is 23.5 Å². The molecule has 35 heavy (non-hydrogen) atoms. The van der Waals surface area contributed by atoms with Gasteiger partial charge < -0.3 is 20.6 Å². The van der Waals surface area contributed by atoms with Gasteiger partial charge in [0.1, 0.15) is 6.04 Å². The molecule has 3 N–H and O–H groups in total. The predicted molar refractivity (Wildman–Crippen MR) is 134 cm³/mol. The lowest BCUT2D eigenvalue weighted by Crippen LogP contribution is -2.56. The first-order valence-electron chi connectivity index (χ1n) is 12.2. The van der Waals surface area contributed by atoms with Crippen LogP contribution in [0.3, 0.4) is 0 Å². The topological polar surface area (TPSA) is 98.7 Å². The molecule has 5 rings (SSSR count). The standard InChI is InChI=1S/C27H31N3O4S/c1-17-14-20-21(24(32)28-15-18-8-4-2-5-9-18)22-26(34)30(12-13-31)23(27(17,22)35-20)25(33)29-16-19-10-6-3-7-11-19/h2-11,17,20-23,31H,12-16H2,1H3,(H,28,32)(H,29,33)/t17?,20-,21+,22+,23?,27?/m1/s1. The minimum absolute atomic E-state index is 0.00424. The van der Waals surface area contributed by atoms with Crippen LogP contribution in [0.4, 0.5) is 0 Å². The molecule has 1 spiro atoms. The lowest BCUT2D eigenvalue weighted by atomic mass is 9.66. The van der Waals surface area contributed by atoms with Crippen LogP contribution in [0, 0.1) is 17.8 Å². The van der Waals surface area contributed by atoms with Crippen LogP contribution in [0.25, 0.3) is 0 Å². The normalized spacial score (nSPS) is 30.9. The Labute approximate surface area is 209 Å². The second-order valence-corrected chi connectivity index (χ2v) is 11.3. The molecule has 0 radical (unpaired) electrons. The van der Waals surface area contributed by atoms with Gasteiger partial charge in [-0.2, -0.15) is 0 Å². The Kier molecular flexibility index (Phi) is 6.59. The maximum atomic E-state index is 13.7. The molecule has 0 aliphatic carbocycles. The molecule has 3 heterocycles. The number of nitrogens with one attached hydrogen (secondary N) is 2. The highest BCUT2D eigenvalue weighted by Crippen LogP contribution is 2.68. The summed E-state index contributed by atoms with van der Waals surface area (Å²) in [6.07, 6.45) is 0.785. The van der Waals surface area contributed by atoms with Crippen molar-refractivity contribution in [2.45, 2.75) is 42.5 Å². The number of carbonyl (C=O) groups is 3. The zero-order valence-corrected chi connectivity index (χ0v) is 20.5. The first kappa shape index (κ1) is 23.9. The van der Waals surface area contributed by atoms with Crippen molar-refractivity contribution in [1.82, 2.24) is 15.5 Å². The zero-order valence-electron chi connectivity index (χ0n) is 19.7. The van der Waals surface area contributed by atoms with Crippen LogP contribution in [0.2, 0.25) is 0 Å². The molecule has 3 amide bonds. The number of likely N-dealkylation sites (tertiary alicyclic amines) is 1. The average molecular weight is 494 g/mol. The summed E-state index contributed by atoms with van der Waals surface area (Å²) in [4.78, 5) is 42.3. The molecule has 2 aromatic carbocycles. The Morgan fingerprint density at radius 2 is 1.57 bits per heavy atom. The molecule has 0 saturated carbocycles. The van der Waals surface area contributed by atoms with E-state index in [1.807, 2.05) is 60.7 Å². The Morgan fingerprint density at radius 3 is 2.14 bits per heavy atom. The molecule has 3 aliphatic rings. The van der Waals surface area contributed by atoms with Gasteiger partial charge >= 0.3 is 0 Å². The quantitative estimate of drug-likeness (QED) is 0.522. The molecule has 3 fully saturated rings. The highest BCUT2D eigenvalue weighted by Gasteiger charge is 2.75. The van der Waals surface area contributed by atoms with Crippen molar-refractivity contribution in [2.75, 3.05) is 13.2 Å². The lowest BCUT2D eigenvalue weighted by Gasteiger charge is -2.38. The number of aliphatic hydroxyl groups excluding tert-OH is 1. The third-order valence-electron chi connectivity index (χ3n) is 7.76. The number of thioether (sulfide) groups is 1. The molecule has 0 aromatic heterocycles. The SMILES string of the molecule is CC1C[C@H]2SC13C(C(=O)NCc1ccccc1)N(CCO)C(=O)[C@@H]3[C@H]2C(=O)NCc1ccccc1. The fourth-order valence-corrected chi connectivity index (χ4v) is 8.67. The van der Waals surface area contributed by atoms with E-state index in [1.54, 1.807) is 11.8 Å². The summed E-state index contributed by atoms with van der Waals surface area (Å²) in [6.45, 7) is 2.70. The summed E-state index contributed by atoms with van der Waals surface area (Å²) < 4.78 is -0.674. The molecular formula is C27H31N3O4S. The van der Waals surface area contributed by atoms with Crippen molar-refractivity contribution in [1.29, 1.82) is 0 Å². The van der Waals surface area contributed by atoms with E-state index in [0.29, 0.717) is 13.1 Å². The third-order valence-corrected chi connectivity index (χ3v) is 9.83. The predicted octanol–water partition coefficient (Wildman–Crippen LogP) is 1.95. The largest absolute Gasteiger partial charge is 0.395 e. The summed E-state index contributed by atoms with van der Waals surface area (Å²) in [7, 11) is 0. The minimum atomic E-state index is -0.715. The van der Waals surface area contributed by atoms with Gasteiger partial charge in [0.25, 0.3) is 0 Å². The number of aliphatic hydroxyl groups is 1. The highest BCUT2D eigenvalue weighted by atomic mass is 32.2. The van der Waals surface area contributed by atoms with E-state index in [4.69, 9.17) is 0 Å². The van der Waals surface area contributed by atoms with Crippen molar-refractivity contribution in [3.05, 3.63) is 71.8 Å². The second kappa shape index (κ2) is 9.66. The van der Waals surface area contributed by atoms with Gasteiger partial charge in [-0.3, -0.25) is 14.4 Å². The maximum Gasteiger partial charge on any atom is 0.244 e. The first-order valence-corrected chi connectivity index (χ1v) is 13.1. The number of fused-ring (bicyclic) bond motifs is 1. The fourth-order valence-electron chi connectivity index (χ4n) is 6.25. The average Bonchev–Trinajstić information content (AvgIpc) is 3.46. The van der Waals surface area contributed by atoms with E-state index in [1.165, 1.54) is 4.90 Å². The molecule has 2 bridgehead atoms. The molecule has 2 aromatic rings. The van der Waals surface area contributed by atoms with Crippen LogP contribution >= 0.6 is 11.8 Å². The van der Waals surface area contributed by atoms with E-state index in [9.17, 15) is 19.5 Å². The summed E-state index contributed by atoms with van der Waals surface area (Å²) >= 11 is 1.64. The molecule has 3 aliphatic heterocycles. The molecule has 3 unspecified atom stereocenters. The Morgan fingerprint density at radius 1 is 1.00 bits per heavy atom. The van der Waals surface area contributed by atoms with Crippen molar-refractivity contribution in [3.63, 3.8) is 0 Å². The number of hydrogen-bond acceptors (Lipinski definition) is 5. The summed E-state index contributed by atoms with van der Waals surface area (Å²) in [5, 5.41) is 15.8. The molecule has 7 nitrogen and oxygen atoms in total. The Balaban J connectivity index is 1.40. The summed E-state index contributed by atoms with van der Waals surface area (Å²) in [5.41, 5.74) is 1.97. The number of nitrogens with zero attached hydrogens (tertiary/aromatic N) is 1. The van der Waals surface area contributed by atoms with E-state index in [0.717, 1.165) is 17.5 Å². The van der Waals surface area contributed by atoms with Crippen LogP contribution in [0.5, 0.6) is 0 Å². The van der Waals surface area contributed by atoms with Crippen LogP contribution < -0.4 is 10.6 Å². The van der Waals surface area contributed by atoms with Gasteiger partial charge in [-0.25, -0.2) is 0 Å². The van der Waals surface area contributed by atoms with Crippen molar-refractivity contribution < 1.29 is 19.5 Å². The number of carbonyl (C=O) groups excluding carboxylic acids is 3. The van der Waals surface area contributed by atoms with E-state index < -0.39 is 22.6 Å². The molecule has 3 saturated heterocycles. The van der Waals surface area contributed by atoms with Crippen LogP contribution in [-0.2, 0) is 27.5 Å². The monoisotopic (exact) mass is 493 g/mol. The zero-order chi connectivity index (χ0) is 24.6. The van der Waals surface area contributed by atoms with Gasteiger partial charge in [-0.1, -0.05) is 67.6 Å². The fraction of sp³-hybridized carbons (Fsp3) is 0.444. The Hall–Kier alpha value is -2.84. The summed E-state index contributed by atoms with van der Waals surface area (Å²) in [6, 6.07) is 18.6. The maximum absolute atomic E-state index is 13.7. The Bertz CT molecular complexity index is 1100. The van der Waals surface area contributed by atoms with Crippen molar-refractivity contribution in [3.8, 4) is 0 Å². The number of benzene rings is 2. The smallest absolute Gasteiger partial charge is 0.244 e. The third kappa shape index (κ3) is 4.02. The van der Waals surface area contributed by atoms with Gasteiger partial charge in [-0.15, -0.1) is 11.8 Å². The van der Waals surface area contributed by atoms with Crippen LogP contribution in [-0.4, -0.2) is 56.9 Å². The number of β-amino-alcohol motifs (C(OH)–C–C–N with tert-alkyl or cyclic N) is 1. The number of amides is 3.